The molecule has 0 N–H and O–H groups in total. The van der Waals surface area contributed by atoms with Gasteiger partial charge in [-0.25, -0.2) is 9.97 Å². The van der Waals surface area contributed by atoms with E-state index in [4.69, 9.17) is 0 Å². The number of thiophene rings is 2. The second kappa shape index (κ2) is 6.58. The van der Waals surface area contributed by atoms with Gasteiger partial charge in [-0.05, 0) is 57.2 Å². The largest absolute Gasteiger partial charge is 0.292 e. The first-order chi connectivity index (χ1) is 11.6. The van der Waals surface area contributed by atoms with Crippen LogP contribution in [0.3, 0.4) is 0 Å². The molecule has 1 aliphatic rings. The van der Waals surface area contributed by atoms with Crippen molar-refractivity contribution in [1.82, 2.24) is 9.97 Å². The first-order valence-corrected chi connectivity index (χ1v) is 10.7. The zero-order valence-corrected chi connectivity index (χ0v) is 16.2. The molecule has 0 aromatic carbocycles. The molecule has 24 heavy (non-hydrogen) atoms. The number of carbonyl (C=O) groups is 1. The van der Waals surface area contributed by atoms with Crippen LogP contribution >= 0.6 is 34.4 Å². The molecule has 0 spiro atoms. The Morgan fingerprint density at radius 1 is 1.17 bits per heavy atom. The number of hydrogen-bond acceptors (Lipinski definition) is 6. The third-order valence-corrected chi connectivity index (χ3v) is 7.45. The maximum atomic E-state index is 12.4. The van der Waals surface area contributed by atoms with Crippen LogP contribution in [0.15, 0.2) is 17.2 Å². The van der Waals surface area contributed by atoms with Crippen LogP contribution in [-0.2, 0) is 12.8 Å². The first-order valence-electron chi connectivity index (χ1n) is 8.13. The monoisotopic (exact) mass is 374 g/mol. The van der Waals surface area contributed by atoms with Gasteiger partial charge in [0.2, 0.25) is 0 Å². The minimum atomic E-state index is 0.187. The van der Waals surface area contributed by atoms with E-state index in [9.17, 15) is 4.79 Å². The van der Waals surface area contributed by atoms with Crippen molar-refractivity contribution in [3.05, 3.63) is 38.2 Å². The third kappa shape index (κ3) is 3.03. The van der Waals surface area contributed by atoms with Gasteiger partial charge in [0.05, 0.1) is 10.6 Å². The van der Waals surface area contributed by atoms with E-state index in [1.165, 1.54) is 33.5 Å². The van der Waals surface area contributed by atoms with E-state index in [-0.39, 0.29) is 5.78 Å². The summed E-state index contributed by atoms with van der Waals surface area (Å²) < 4.78 is 0. The van der Waals surface area contributed by atoms with E-state index in [2.05, 4.69) is 9.97 Å². The number of rotatable bonds is 4. The van der Waals surface area contributed by atoms with Crippen LogP contribution in [0.5, 0.6) is 0 Å². The molecule has 1 aliphatic carbocycles. The molecule has 0 radical (unpaired) electrons. The SMILES string of the molecule is Cc1nc(SCC(=O)c2ccc(C)s2)c2c3c(sc2n1)CCCC3. The van der Waals surface area contributed by atoms with Crippen molar-refractivity contribution < 1.29 is 4.79 Å². The topological polar surface area (TPSA) is 42.9 Å². The van der Waals surface area contributed by atoms with Gasteiger partial charge >= 0.3 is 0 Å². The number of aromatic nitrogens is 2. The van der Waals surface area contributed by atoms with Gasteiger partial charge in [0.15, 0.2) is 5.78 Å². The molecule has 3 aromatic heterocycles. The van der Waals surface area contributed by atoms with E-state index in [1.54, 1.807) is 23.1 Å². The number of thioether (sulfide) groups is 1. The summed E-state index contributed by atoms with van der Waals surface area (Å²) in [5, 5.41) is 2.19. The van der Waals surface area contributed by atoms with Crippen LogP contribution in [0.25, 0.3) is 10.2 Å². The maximum Gasteiger partial charge on any atom is 0.183 e. The maximum absolute atomic E-state index is 12.4. The van der Waals surface area contributed by atoms with E-state index in [0.717, 1.165) is 33.4 Å². The highest BCUT2D eigenvalue weighted by Gasteiger charge is 2.21. The Morgan fingerprint density at radius 3 is 2.79 bits per heavy atom. The fourth-order valence-electron chi connectivity index (χ4n) is 3.12. The molecule has 0 saturated heterocycles. The van der Waals surface area contributed by atoms with Crippen LogP contribution < -0.4 is 0 Å². The summed E-state index contributed by atoms with van der Waals surface area (Å²) in [6.07, 6.45) is 4.79. The molecule has 4 rings (SSSR count). The fourth-order valence-corrected chi connectivity index (χ4v) is 6.37. The number of aryl methyl sites for hydroxylation is 4. The van der Waals surface area contributed by atoms with Crippen LogP contribution in [0.1, 0.15) is 43.7 Å². The molecule has 0 saturated carbocycles. The van der Waals surface area contributed by atoms with Crippen molar-refractivity contribution in [2.75, 3.05) is 5.75 Å². The van der Waals surface area contributed by atoms with Crippen molar-refractivity contribution in [2.24, 2.45) is 0 Å². The summed E-state index contributed by atoms with van der Waals surface area (Å²) in [5.41, 5.74) is 1.43. The van der Waals surface area contributed by atoms with Gasteiger partial charge in [0.25, 0.3) is 0 Å². The molecular weight excluding hydrogens is 356 g/mol. The van der Waals surface area contributed by atoms with E-state index < -0.39 is 0 Å². The molecule has 0 bridgehead atoms. The Morgan fingerprint density at radius 2 is 2.00 bits per heavy atom. The molecule has 0 atom stereocenters. The Bertz CT molecular complexity index is 926. The lowest BCUT2D eigenvalue weighted by atomic mass is 9.97. The molecule has 3 nitrogen and oxygen atoms in total. The number of Topliss-reactive ketones (excluding diaryl/α,β-unsaturated/α-hetero) is 1. The second-order valence-corrected chi connectivity index (χ2v) is 9.42. The van der Waals surface area contributed by atoms with E-state index in [1.807, 2.05) is 37.3 Å². The van der Waals surface area contributed by atoms with Gasteiger partial charge < -0.3 is 0 Å². The molecule has 3 aromatic rings. The highest BCUT2D eigenvalue weighted by molar-refractivity contribution is 8.00. The first kappa shape index (κ1) is 16.2. The highest BCUT2D eigenvalue weighted by atomic mass is 32.2. The summed E-state index contributed by atoms with van der Waals surface area (Å²) in [6.45, 7) is 3.97. The van der Waals surface area contributed by atoms with Crippen LogP contribution in [0.2, 0.25) is 0 Å². The molecule has 0 amide bonds. The van der Waals surface area contributed by atoms with Gasteiger partial charge in [-0.2, -0.15) is 0 Å². The molecule has 124 valence electrons. The quantitative estimate of drug-likeness (QED) is 0.356. The Kier molecular flexibility index (Phi) is 4.45. The number of nitrogens with zero attached hydrogens (tertiary/aromatic N) is 2. The zero-order valence-electron chi connectivity index (χ0n) is 13.7. The summed E-state index contributed by atoms with van der Waals surface area (Å²) in [5.74, 6) is 1.42. The lowest BCUT2D eigenvalue weighted by molar-refractivity contribution is 0.102. The standard InChI is InChI=1S/C18H18N2OS3/c1-10-7-8-15(23-10)13(21)9-22-17-16-12-5-3-4-6-14(12)24-18(16)20-11(2)19-17/h7-8H,3-6,9H2,1-2H3. The molecule has 0 unspecified atom stereocenters. The summed E-state index contributed by atoms with van der Waals surface area (Å²) >= 11 is 4.95. The van der Waals surface area contributed by atoms with Crippen molar-refractivity contribution in [3.8, 4) is 0 Å². The molecular formula is C18H18N2OS3. The van der Waals surface area contributed by atoms with Gasteiger partial charge in [0, 0.05) is 15.1 Å². The average Bonchev–Trinajstić information content (AvgIpc) is 3.15. The van der Waals surface area contributed by atoms with Crippen LogP contribution in [0, 0.1) is 13.8 Å². The Balaban J connectivity index is 1.66. The molecule has 6 heteroatoms. The predicted octanol–water partition coefficient (Wildman–Crippen LogP) is 5.22. The smallest absolute Gasteiger partial charge is 0.183 e. The van der Waals surface area contributed by atoms with Crippen molar-refractivity contribution in [3.63, 3.8) is 0 Å². The Labute approximate surface area is 153 Å². The zero-order chi connectivity index (χ0) is 16.7. The number of fused-ring (bicyclic) bond motifs is 3. The lowest BCUT2D eigenvalue weighted by Crippen LogP contribution is -2.02. The van der Waals surface area contributed by atoms with Gasteiger partial charge in [-0.3, -0.25) is 4.79 Å². The minimum Gasteiger partial charge on any atom is -0.292 e. The van der Waals surface area contributed by atoms with Crippen molar-refractivity contribution in [2.45, 2.75) is 44.6 Å². The van der Waals surface area contributed by atoms with Crippen molar-refractivity contribution in [1.29, 1.82) is 0 Å². The summed E-state index contributed by atoms with van der Waals surface area (Å²) in [7, 11) is 0. The molecule has 0 aliphatic heterocycles. The normalized spacial score (nSPS) is 14.1. The number of carbonyl (C=O) groups excluding carboxylic acids is 1. The van der Waals surface area contributed by atoms with Gasteiger partial charge in [-0.1, -0.05) is 11.8 Å². The fraction of sp³-hybridized carbons (Fsp3) is 0.389. The Hall–Kier alpha value is -1.24. The minimum absolute atomic E-state index is 0.187. The van der Waals surface area contributed by atoms with Gasteiger partial charge in [0.1, 0.15) is 15.7 Å². The van der Waals surface area contributed by atoms with E-state index in [0.29, 0.717) is 5.75 Å². The number of hydrogen-bond donors (Lipinski definition) is 0. The second-order valence-electron chi connectivity index (χ2n) is 6.09. The summed E-state index contributed by atoms with van der Waals surface area (Å²) in [6, 6.07) is 3.93. The summed E-state index contributed by atoms with van der Waals surface area (Å²) in [4.78, 5) is 26.3. The van der Waals surface area contributed by atoms with Gasteiger partial charge in [-0.15, -0.1) is 22.7 Å². The number of ketones is 1. The molecule has 0 fully saturated rings. The predicted molar refractivity (Wildman–Crippen MR) is 103 cm³/mol. The van der Waals surface area contributed by atoms with E-state index >= 15 is 0 Å². The van der Waals surface area contributed by atoms with Crippen molar-refractivity contribution >= 4 is 50.4 Å². The average molecular weight is 375 g/mol. The van der Waals surface area contributed by atoms with Crippen LogP contribution in [0.4, 0.5) is 0 Å². The van der Waals surface area contributed by atoms with Crippen LogP contribution in [-0.4, -0.2) is 21.5 Å². The molecule has 3 heterocycles. The lowest BCUT2D eigenvalue weighted by Gasteiger charge is -2.11. The third-order valence-electron chi connectivity index (χ3n) is 4.25. The highest BCUT2D eigenvalue weighted by Crippen LogP contribution is 2.39.